The number of ether oxygens (including phenoxy) is 2. The number of methoxy groups -OCH3 is 1. The highest BCUT2D eigenvalue weighted by atomic mass is 16.5. The number of hydrogen-bond donors (Lipinski definition) is 1. The maximum atomic E-state index is 12.4. The molecule has 0 heterocycles. The number of amides is 1. The largest absolute Gasteiger partial charge is 0.490 e. The molecular weight excluding hydrogens is 280 g/mol. The highest BCUT2D eigenvalue weighted by molar-refractivity contribution is 6.06. The third-order valence-corrected chi connectivity index (χ3v) is 2.97. The van der Waals surface area contributed by atoms with Crippen molar-refractivity contribution in [1.82, 2.24) is 0 Å². The summed E-state index contributed by atoms with van der Waals surface area (Å²) in [5.74, 6) is 0.155. The Morgan fingerprint density at radius 1 is 1.14 bits per heavy atom. The van der Waals surface area contributed by atoms with Crippen LogP contribution in [-0.2, 0) is 4.74 Å². The average molecular weight is 296 g/mol. The molecule has 5 nitrogen and oxygen atoms in total. The highest BCUT2D eigenvalue weighted by Crippen LogP contribution is 2.21. The number of benzene rings is 2. The van der Waals surface area contributed by atoms with Gasteiger partial charge in [-0.2, -0.15) is 5.26 Å². The number of nitrogens with zero attached hydrogens (tertiary/aromatic N) is 1. The van der Waals surface area contributed by atoms with E-state index in [9.17, 15) is 4.79 Å². The molecule has 2 aromatic rings. The van der Waals surface area contributed by atoms with Crippen LogP contribution in [0.5, 0.6) is 5.75 Å². The summed E-state index contributed by atoms with van der Waals surface area (Å²) in [7, 11) is 1.58. The summed E-state index contributed by atoms with van der Waals surface area (Å²) in [6, 6.07) is 15.8. The molecule has 2 rings (SSSR count). The first-order valence-corrected chi connectivity index (χ1v) is 6.77. The fraction of sp³-hybridized carbons (Fsp3) is 0.176. The lowest BCUT2D eigenvalue weighted by Gasteiger charge is -2.12. The number of nitriles is 1. The lowest BCUT2D eigenvalue weighted by atomic mass is 10.1. The summed E-state index contributed by atoms with van der Waals surface area (Å²) in [4.78, 5) is 12.4. The number of rotatable bonds is 6. The molecule has 0 unspecified atom stereocenters. The van der Waals surface area contributed by atoms with E-state index in [4.69, 9.17) is 14.7 Å². The Hall–Kier alpha value is -2.84. The SMILES string of the molecule is COCCOc1ccccc1C(=O)Nc1ccccc1C#N. The van der Waals surface area contributed by atoms with Gasteiger partial charge in [0.25, 0.3) is 5.91 Å². The molecule has 0 saturated heterocycles. The molecule has 0 bridgehead atoms. The molecule has 0 atom stereocenters. The minimum Gasteiger partial charge on any atom is -0.490 e. The van der Waals surface area contributed by atoms with Crippen LogP contribution in [0.3, 0.4) is 0 Å². The van der Waals surface area contributed by atoms with Crippen molar-refractivity contribution in [2.24, 2.45) is 0 Å². The van der Waals surface area contributed by atoms with Gasteiger partial charge in [0.15, 0.2) is 0 Å². The van der Waals surface area contributed by atoms with E-state index in [-0.39, 0.29) is 5.91 Å². The van der Waals surface area contributed by atoms with Crippen molar-refractivity contribution in [2.45, 2.75) is 0 Å². The molecule has 0 saturated carbocycles. The van der Waals surface area contributed by atoms with Crippen LogP contribution < -0.4 is 10.1 Å². The molecule has 0 aliphatic heterocycles. The Labute approximate surface area is 129 Å². The molecule has 0 spiro atoms. The number of carbonyl (C=O) groups excluding carboxylic acids is 1. The first-order valence-electron chi connectivity index (χ1n) is 6.77. The maximum Gasteiger partial charge on any atom is 0.259 e. The van der Waals surface area contributed by atoms with Gasteiger partial charge in [-0.25, -0.2) is 0 Å². The van der Waals surface area contributed by atoms with Crippen LogP contribution in [0.25, 0.3) is 0 Å². The van der Waals surface area contributed by atoms with E-state index in [0.29, 0.717) is 35.8 Å². The highest BCUT2D eigenvalue weighted by Gasteiger charge is 2.13. The van der Waals surface area contributed by atoms with Gasteiger partial charge in [-0.15, -0.1) is 0 Å². The second-order valence-electron chi connectivity index (χ2n) is 4.45. The Morgan fingerprint density at radius 3 is 2.64 bits per heavy atom. The van der Waals surface area contributed by atoms with Gasteiger partial charge < -0.3 is 14.8 Å². The molecule has 0 aliphatic rings. The van der Waals surface area contributed by atoms with Crippen molar-refractivity contribution in [3.05, 3.63) is 59.7 Å². The number of nitrogens with one attached hydrogen (secondary N) is 1. The predicted octanol–water partition coefficient (Wildman–Crippen LogP) is 2.84. The topological polar surface area (TPSA) is 71.3 Å². The van der Waals surface area contributed by atoms with Crippen molar-refractivity contribution < 1.29 is 14.3 Å². The van der Waals surface area contributed by atoms with E-state index in [1.54, 1.807) is 55.6 Å². The number of carbonyl (C=O) groups is 1. The quantitative estimate of drug-likeness (QED) is 0.832. The number of para-hydroxylation sites is 2. The van der Waals surface area contributed by atoms with Gasteiger partial charge in [0, 0.05) is 7.11 Å². The third kappa shape index (κ3) is 3.84. The molecule has 1 N–H and O–H groups in total. The molecule has 0 aliphatic carbocycles. The molecule has 0 fully saturated rings. The van der Waals surface area contributed by atoms with E-state index in [1.807, 2.05) is 6.07 Å². The fourth-order valence-corrected chi connectivity index (χ4v) is 1.89. The van der Waals surface area contributed by atoms with Crippen molar-refractivity contribution >= 4 is 11.6 Å². The van der Waals surface area contributed by atoms with Crippen LogP contribution >= 0.6 is 0 Å². The molecular formula is C17H16N2O3. The molecule has 0 aromatic heterocycles. The van der Waals surface area contributed by atoms with E-state index < -0.39 is 0 Å². The van der Waals surface area contributed by atoms with E-state index >= 15 is 0 Å². The normalized spacial score (nSPS) is 9.82. The van der Waals surface area contributed by atoms with E-state index in [2.05, 4.69) is 5.32 Å². The van der Waals surface area contributed by atoms with Gasteiger partial charge in [0.05, 0.1) is 23.4 Å². The van der Waals surface area contributed by atoms with Crippen LogP contribution in [0.4, 0.5) is 5.69 Å². The molecule has 2 aromatic carbocycles. The van der Waals surface area contributed by atoms with E-state index in [0.717, 1.165) is 0 Å². The molecule has 22 heavy (non-hydrogen) atoms. The summed E-state index contributed by atoms with van der Waals surface area (Å²) in [6.07, 6.45) is 0. The van der Waals surface area contributed by atoms with Crippen LogP contribution in [-0.4, -0.2) is 26.2 Å². The summed E-state index contributed by atoms with van der Waals surface area (Å²) in [5.41, 5.74) is 1.29. The summed E-state index contributed by atoms with van der Waals surface area (Å²) < 4.78 is 10.5. The lowest BCUT2D eigenvalue weighted by molar-refractivity contribution is 0.101. The molecule has 112 valence electrons. The van der Waals surface area contributed by atoms with Gasteiger partial charge in [0.2, 0.25) is 0 Å². The van der Waals surface area contributed by atoms with Crippen molar-refractivity contribution in [1.29, 1.82) is 5.26 Å². The van der Waals surface area contributed by atoms with Crippen LogP contribution in [0.2, 0.25) is 0 Å². The number of anilines is 1. The smallest absolute Gasteiger partial charge is 0.259 e. The Morgan fingerprint density at radius 2 is 1.86 bits per heavy atom. The molecule has 1 amide bonds. The summed E-state index contributed by atoms with van der Waals surface area (Å²) in [5, 5.41) is 11.8. The second kappa shape index (κ2) is 7.81. The molecule has 0 radical (unpaired) electrons. The van der Waals surface area contributed by atoms with Crippen molar-refractivity contribution in [3.63, 3.8) is 0 Å². The maximum absolute atomic E-state index is 12.4. The Balaban J connectivity index is 2.17. The van der Waals surface area contributed by atoms with Gasteiger partial charge >= 0.3 is 0 Å². The fourth-order valence-electron chi connectivity index (χ4n) is 1.89. The number of hydrogen-bond acceptors (Lipinski definition) is 4. The monoisotopic (exact) mass is 296 g/mol. The van der Waals surface area contributed by atoms with Gasteiger partial charge in [0.1, 0.15) is 18.4 Å². The standard InChI is InChI=1S/C17H16N2O3/c1-21-10-11-22-16-9-5-3-7-14(16)17(20)19-15-8-4-2-6-13(15)12-18/h2-9H,10-11H2,1H3,(H,19,20). The Bertz CT molecular complexity index is 692. The van der Waals surface area contributed by atoms with Crippen molar-refractivity contribution in [2.75, 3.05) is 25.6 Å². The van der Waals surface area contributed by atoms with Gasteiger partial charge in [-0.05, 0) is 24.3 Å². The van der Waals surface area contributed by atoms with Crippen LogP contribution in [0, 0.1) is 11.3 Å². The minimum absolute atomic E-state index is 0.323. The average Bonchev–Trinajstić information content (AvgIpc) is 2.56. The van der Waals surface area contributed by atoms with Gasteiger partial charge in [-0.1, -0.05) is 24.3 Å². The zero-order valence-corrected chi connectivity index (χ0v) is 12.2. The zero-order chi connectivity index (χ0) is 15.8. The lowest BCUT2D eigenvalue weighted by Crippen LogP contribution is -2.15. The Kier molecular flexibility index (Phi) is 5.52. The zero-order valence-electron chi connectivity index (χ0n) is 12.2. The predicted molar refractivity (Wildman–Crippen MR) is 82.9 cm³/mol. The minimum atomic E-state index is -0.323. The first-order chi connectivity index (χ1) is 10.8. The molecule has 5 heteroatoms. The first kappa shape index (κ1) is 15.5. The second-order valence-corrected chi connectivity index (χ2v) is 4.45. The third-order valence-electron chi connectivity index (χ3n) is 2.97. The van der Waals surface area contributed by atoms with Crippen molar-refractivity contribution in [3.8, 4) is 11.8 Å². The summed E-state index contributed by atoms with van der Waals surface area (Å²) in [6.45, 7) is 0.794. The van der Waals surface area contributed by atoms with E-state index in [1.165, 1.54) is 0 Å². The van der Waals surface area contributed by atoms with Gasteiger partial charge in [-0.3, -0.25) is 4.79 Å². The summed E-state index contributed by atoms with van der Waals surface area (Å²) >= 11 is 0. The van der Waals surface area contributed by atoms with Crippen LogP contribution in [0.15, 0.2) is 48.5 Å². The van der Waals surface area contributed by atoms with Crippen LogP contribution in [0.1, 0.15) is 15.9 Å².